The average Bonchev–Trinajstić information content (AvgIpc) is 2.95. The summed E-state index contributed by atoms with van der Waals surface area (Å²) in [4.78, 5) is 2.73. The summed E-state index contributed by atoms with van der Waals surface area (Å²) in [5.41, 5.74) is 2.63. The molecule has 0 aliphatic heterocycles. The average molecular weight is 304 g/mol. The van der Waals surface area contributed by atoms with Crippen LogP contribution in [0, 0.1) is 24.2 Å². The number of hydrogen-bond donors (Lipinski definition) is 1. The summed E-state index contributed by atoms with van der Waals surface area (Å²) in [5.74, 6) is 1.27. The standard InChI is InChI=1S/C16H20N2O2S/c1-11-2-4-13(5-3-11)21(19,20)18-17-15-9-12-8-14(15)16(10-12)6-7-16/h2-5,12,14,18H,6-10H2,1H3/b17-15+. The molecule has 0 saturated heterocycles. The molecule has 2 unspecified atom stereocenters. The van der Waals surface area contributed by atoms with E-state index in [0.29, 0.717) is 11.3 Å². The van der Waals surface area contributed by atoms with Gasteiger partial charge in [-0.2, -0.15) is 13.5 Å². The van der Waals surface area contributed by atoms with Crippen molar-refractivity contribution in [2.24, 2.45) is 22.4 Å². The first-order valence-corrected chi connectivity index (χ1v) is 9.12. The van der Waals surface area contributed by atoms with E-state index < -0.39 is 10.0 Å². The van der Waals surface area contributed by atoms with Crippen LogP contribution in [-0.4, -0.2) is 14.1 Å². The summed E-state index contributed by atoms with van der Waals surface area (Å²) >= 11 is 0. The van der Waals surface area contributed by atoms with E-state index in [0.717, 1.165) is 23.6 Å². The topological polar surface area (TPSA) is 58.5 Å². The summed E-state index contributed by atoms with van der Waals surface area (Å²) in [6.45, 7) is 1.94. The van der Waals surface area contributed by atoms with Gasteiger partial charge in [-0.1, -0.05) is 17.7 Å². The van der Waals surface area contributed by atoms with E-state index in [9.17, 15) is 8.42 Å². The monoisotopic (exact) mass is 304 g/mol. The van der Waals surface area contributed by atoms with Gasteiger partial charge in [0.2, 0.25) is 0 Å². The van der Waals surface area contributed by atoms with Crippen LogP contribution in [0.25, 0.3) is 0 Å². The van der Waals surface area contributed by atoms with Gasteiger partial charge in [0.05, 0.1) is 4.90 Å². The van der Waals surface area contributed by atoms with Crippen LogP contribution < -0.4 is 4.83 Å². The molecule has 112 valence electrons. The molecule has 2 atom stereocenters. The number of rotatable bonds is 3. The van der Waals surface area contributed by atoms with E-state index in [1.54, 1.807) is 24.3 Å². The molecule has 0 radical (unpaired) electrons. The van der Waals surface area contributed by atoms with E-state index in [2.05, 4.69) is 9.93 Å². The molecule has 4 rings (SSSR count). The van der Waals surface area contributed by atoms with Crippen molar-refractivity contribution in [2.45, 2.75) is 43.9 Å². The zero-order valence-corrected chi connectivity index (χ0v) is 13.0. The minimum atomic E-state index is -3.54. The molecule has 2 bridgehead atoms. The Kier molecular flexibility index (Phi) is 2.74. The van der Waals surface area contributed by atoms with Crippen LogP contribution in [0.1, 0.15) is 37.7 Å². The number of nitrogens with one attached hydrogen (secondary N) is 1. The minimum Gasteiger partial charge on any atom is -0.200 e. The second-order valence-corrected chi connectivity index (χ2v) is 8.60. The van der Waals surface area contributed by atoms with Crippen LogP contribution in [0.3, 0.4) is 0 Å². The van der Waals surface area contributed by atoms with Gasteiger partial charge in [-0.05, 0) is 62.5 Å². The highest BCUT2D eigenvalue weighted by Gasteiger charge is 2.60. The molecule has 3 aliphatic rings. The summed E-state index contributed by atoms with van der Waals surface area (Å²) < 4.78 is 24.5. The fourth-order valence-corrected chi connectivity index (χ4v) is 5.03. The van der Waals surface area contributed by atoms with Crippen LogP contribution in [-0.2, 0) is 10.0 Å². The van der Waals surface area contributed by atoms with Gasteiger partial charge in [-0.25, -0.2) is 4.83 Å². The second kappa shape index (κ2) is 4.32. The lowest BCUT2D eigenvalue weighted by molar-refractivity contribution is 0.419. The van der Waals surface area contributed by atoms with Crippen LogP contribution in [0.4, 0.5) is 0 Å². The van der Waals surface area contributed by atoms with Crippen LogP contribution in [0.2, 0.25) is 0 Å². The number of aryl methyl sites for hydroxylation is 1. The van der Waals surface area contributed by atoms with E-state index in [4.69, 9.17) is 0 Å². The lowest BCUT2D eigenvalue weighted by Gasteiger charge is -2.22. The predicted octanol–water partition coefficient (Wildman–Crippen LogP) is 2.84. The third-order valence-electron chi connectivity index (χ3n) is 5.44. The Balaban J connectivity index is 1.54. The first kappa shape index (κ1) is 13.3. The Bertz CT molecular complexity index is 702. The first-order valence-electron chi connectivity index (χ1n) is 7.63. The fraction of sp³-hybridized carbons (Fsp3) is 0.562. The van der Waals surface area contributed by atoms with Crippen molar-refractivity contribution in [3.63, 3.8) is 0 Å². The number of fused-ring (bicyclic) bond motifs is 3. The van der Waals surface area contributed by atoms with Crippen molar-refractivity contribution in [1.82, 2.24) is 4.83 Å². The summed E-state index contributed by atoms with van der Waals surface area (Å²) in [6.07, 6.45) is 6.13. The summed E-state index contributed by atoms with van der Waals surface area (Å²) in [5, 5.41) is 4.29. The van der Waals surface area contributed by atoms with Crippen molar-refractivity contribution in [3.8, 4) is 0 Å². The van der Waals surface area contributed by atoms with E-state index in [1.165, 1.54) is 25.7 Å². The summed E-state index contributed by atoms with van der Waals surface area (Å²) in [7, 11) is -3.54. The second-order valence-electron chi connectivity index (χ2n) is 6.94. The fourth-order valence-electron chi connectivity index (χ4n) is 4.19. The third kappa shape index (κ3) is 2.18. The van der Waals surface area contributed by atoms with Crippen molar-refractivity contribution >= 4 is 15.7 Å². The Morgan fingerprint density at radius 1 is 1.24 bits per heavy atom. The highest BCUT2D eigenvalue weighted by molar-refractivity contribution is 7.89. The third-order valence-corrected chi connectivity index (χ3v) is 6.66. The molecular formula is C16H20N2O2S. The first-order chi connectivity index (χ1) is 9.98. The molecule has 1 spiro atoms. The molecule has 0 amide bonds. The zero-order valence-electron chi connectivity index (χ0n) is 12.2. The summed E-state index contributed by atoms with van der Waals surface area (Å²) in [6, 6.07) is 6.86. The largest absolute Gasteiger partial charge is 0.276 e. The maximum absolute atomic E-state index is 12.3. The van der Waals surface area contributed by atoms with Crippen LogP contribution in [0.15, 0.2) is 34.3 Å². The van der Waals surface area contributed by atoms with Gasteiger partial charge < -0.3 is 0 Å². The van der Waals surface area contributed by atoms with Gasteiger partial charge in [0, 0.05) is 11.6 Å². The van der Waals surface area contributed by atoms with Gasteiger partial charge in [0.15, 0.2) is 0 Å². The minimum absolute atomic E-state index is 0.279. The van der Waals surface area contributed by atoms with Gasteiger partial charge in [-0.3, -0.25) is 0 Å². The number of hydrazone groups is 1. The number of benzene rings is 1. The normalized spacial score (nSPS) is 31.0. The molecule has 3 fully saturated rings. The molecule has 3 aliphatic carbocycles. The highest BCUT2D eigenvalue weighted by atomic mass is 32.2. The van der Waals surface area contributed by atoms with Crippen LogP contribution in [0.5, 0.6) is 0 Å². The van der Waals surface area contributed by atoms with Crippen LogP contribution >= 0.6 is 0 Å². The predicted molar refractivity (Wildman–Crippen MR) is 81.4 cm³/mol. The van der Waals surface area contributed by atoms with Crippen molar-refractivity contribution in [3.05, 3.63) is 29.8 Å². The quantitative estimate of drug-likeness (QED) is 0.873. The number of sulfonamides is 1. The van der Waals surface area contributed by atoms with Crippen molar-refractivity contribution in [2.75, 3.05) is 0 Å². The SMILES string of the molecule is Cc1ccc(S(=O)(=O)N/N=C2\CC3CC2C2(CC2)C3)cc1. The maximum Gasteiger partial charge on any atom is 0.276 e. The smallest absolute Gasteiger partial charge is 0.200 e. The molecule has 3 saturated carbocycles. The molecule has 5 heteroatoms. The zero-order chi connectivity index (χ0) is 14.7. The molecular weight excluding hydrogens is 284 g/mol. The lowest BCUT2D eigenvalue weighted by Crippen LogP contribution is -2.26. The molecule has 1 N–H and O–H groups in total. The van der Waals surface area contributed by atoms with E-state index >= 15 is 0 Å². The van der Waals surface area contributed by atoms with Crippen molar-refractivity contribution < 1.29 is 8.42 Å². The van der Waals surface area contributed by atoms with Gasteiger partial charge in [-0.15, -0.1) is 0 Å². The molecule has 1 aromatic rings. The molecule has 0 aromatic heterocycles. The van der Waals surface area contributed by atoms with Gasteiger partial charge in [0.1, 0.15) is 0 Å². The molecule has 1 aromatic carbocycles. The van der Waals surface area contributed by atoms with E-state index in [-0.39, 0.29) is 4.90 Å². The number of nitrogens with zero attached hydrogens (tertiary/aromatic N) is 1. The van der Waals surface area contributed by atoms with E-state index in [1.807, 2.05) is 6.92 Å². The van der Waals surface area contributed by atoms with Crippen molar-refractivity contribution in [1.29, 1.82) is 0 Å². The molecule has 21 heavy (non-hydrogen) atoms. The molecule has 0 heterocycles. The Labute approximate surface area is 125 Å². The number of hydrogen-bond acceptors (Lipinski definition) is 3. The molecule has 4 nitrogen and oxygen atoms in total. The Morgan fingerprint density at radius 3 is 2.57 bits per heavy atom. The highest BCUT2D eigenvalue weighted by Crippen LogP contribution is 2.67. The van der Waals surface area contributed by atoms with Gasteiger partial charge >= 0.3 is 0 Å². The maximum atomic E-state index is 12.3. The Morgan fingerprint density at radius 2 is 1.95 bits per heavy atom. The van der Waals surface area contributed by atoms with Gasteiger partial charge in [0.25, 0.3) is 10.0 Å². The Hall–Kier alpha value is -1.36. The lowest BCUT2D eigenvalue weighted by atomic mass is 9.84.